The van der Waals surface area contributed by atoms with E-state index >= 15 is 0 Å². The maximum atomic E-state index is 5.47. The van der Waals surface area contributed by atoms with Crippen molar-refractivity contribution in [2.75, 3.05) is 27.2 Å². The van der Waals surface area contributed by atoms with Crippen LogP contribution in [0.15, 0.2) is 28.2 Å². The van der Waals surface area contributed by atoms with E-state index in [0.717, 1.165) is 36.1 Å². The zero-order valence-corrected chi connectivity index (χ0v) is 12.2. The van der Waals surface area contributed by atoms with E-state index in [-0.39, 0.29) is 12.4 Å². The summed E-state index contributed by atoms with van der Waals surface area (Å²) in [7, 11) is 4.04. The highest BCUT2D eigenvalue weighted by molar-refractivity contribution is 7.13. The second kappa shape index (κ2) is 7.53. The van der Waals surface area contributed by atoms with Crippen molar-refractivity contribution in [2.45, 2.75) is 6.54 Å². The Morgan fingerprint density at radius 3 is 3.00 bits per heavy atom. The summed E-state index contributed by atoms with van der Waals surface area (Å²) in [5, 5.41) is 5.15. The molecule has 0 radical (unpaired) electrons. The Bertz CT molecular complexity index is 444. The van der Waals surface area contributed by atoms with Crippen molar-refractivity contribution in [3.05, 3.63) is 29.5 Å². The van der Waals surface area contributed by atoms with E-state index in [1.54, 1.807) is 17.6 Å². The minimum atomic E-state index is 0. The Balaban J connectivity index is 0.00000162. The maximum absolute atomic E-state index is 5.47. The average molecular weight is 288 g/mol. The predicted octanol–water partition coefficient (Wildman–Crippen LogP) is 2.48. The molecule has 0 fully saturated rings. The lowest BCUT2D eigenvalue weighted by Gasteiger charge is -2.13. The van der Waals surface area contributed by atoms with Gasteiger partial charge >= 0.3 is 0 Å². The number of nitrogens with one attached hydrogen (secondary N) is 1. The molecule has 6 heteroatoms. The van der Waals surface area contributed by atoms with Crippen LogP contribution in [0.5, 0.6) is 0 Å². The Kier molecular flexibility index (Phi) is 6.35. The summed E-state index contributed by atoms with van der Waals surface area (Å²) in [6, 6.07) is 4.02. The van der Waals surface area contributed by atoms with Gasteiger partial charge < -0.3 is 9.73 Å². The van der Waals surface area contributed by atoms with E-state index in [2.05, 4.69) is 22.2 Å². The molecule has 2 heterocycles. The van der Waals surface area contributed by atoms with Crippen LogP contribution in [0, 0.1) is 0 Å². The Morgan fingerprint density at radius 2 is 2.33 bits per heavy atom. The summed E-state index contributed by atoms with van der Waals surface area (Å²) in [4.78, 5) is 7.78. The number of hydrogen-bond donors (Lipinski definition) is 1. The number of rotatable bonds is 6. The topological polar surface area (TPSA) is 41.3 Å². The van der Waals surface area contributed by atoms with Crippen molar-refractivity contribution >= 4 is 23.7 Å². The summed E-state index contributed by atoms with van der Waals surface area (Å²) in [5.74, 6) is 0.719. The largest absolute Gasteiger partial charge is 0.444 e. The summed E-state index contributed by atoms with van der Waals surface area (Å²) in [5.41, 5.74) is 0.979. The summed E-state index contributed by atoms with van der Waals surface area (Å²) in [6.45, 7) is 2.79. The first-order chi connectivity index (χ1) is 8.29. The molecule has 2 aromatic rings. The highest BCUT2D eigenvalue weighted by Gasteiger charge is 2.08. The second-order valence-corrected chi connectivity index (χ2v) is 4.91. The molecule has 0 saturated carbocycles. The van der Waals surface area contributed by atoms with Crippen LogP contribution >= 0.6 is 23.7 Å². The number of aromatic nitrogens is 1. The van der Waals surface area contributed by atoms with Crippen molar-refractivity contribution < 1.29 is 4.42 Å². The number of oxazole rings is 1. The average Bonchev–Trinajstić information content (AvgIpc) is 2.95. The van der Waals surface area contributed by atoms with Crippen molar-refractivity contribution in [3.8, 4) is 10.8 Å². The van der Waals surface area contributed by atoms with E-state index in [4.69, 9.17) is 4.42 Å². The molecule has 4 nitrogen and oxygen atoms in total. The molecule has 0 aromatic carbocycles. The minimum Gasteiger partial charge on any atom is -0.444 e. The first-order valence-corrected chi connectivity index (χ1v) is 6.49. The predicted molar refractivity (Wildman–Crippen MR) is 77.3 cm³/mol. The SMILES string of the molecule is CNCCN(C)Cc1coc(-c2cccs2)n1.Cl. The molecule has 0 amide bonds. The molecule has 0 aliphatic rings. The summed E-state index contributed by atoms with van der Waals surface area (Å²) >= 11 is 1.64. The number of likely N-dealkylation sites (N-methyl/N-ethyl adjacent to an activating group) is 2. The van der Waals surface area contributed by atoms with Crippen LogP contribution in [0.4, 0.5) is 0 Å². The van der Waals surface area contributed by atoms with E-state index in [1.807, 2.05) is 24.6 Å². The van der Waals surface area contributed by atoms with Gasteiger partial charge in [-0.25, -0.2) is 4.98 Å². The van der Waals surface area contributed by atoms with Crippen molar-refractivity contribution in [1.82, 2.24) is 15.2 Å². The highest BCUT2D eigenvalue weighted by Crippen LogP contribution is 2.23. The highest BCUT2D eigenvalue weighted by atomic mass is 35.5. The molecule has 0 aliphatic carbocycles. The first-order valence-electron chi connectivity index (χ1n) is 5.61. The van der Waals surface area contributed by atoms with Crippen molar-refractivity contribution in [1.29, 1.82) is 0 Å². The van der Waals surface area contributed by atoms with Crippen LogP contribution < -0.4 is 5.32 Å². The van der Waals surface area contributed by atoms with Gasteiger partial charge in [-0.1, -0.05) is 6.07 Å². The fourth-order valence-electron chi connectivity index (χ4n) is 1.55. The third kappa shape index (κ3) is 4.10. The fraction of sp³-hybridized carbons (Fsp3) is 0.417. The molecule has 0 unspecified atom stereocenters. The first kappa shape index (κ1) is 15.2. The standard InChI is InChI=1S/C12H17N3OS.ClH/c1-13-5-6-15(2)8-10-9-16-12(14-10)11-4-3-7-17-11;/h3-4,7,9,13H,5-6,8H2,1-2H3;1H. The molecular weight excluding hydrogens is 270 g/mol. The maximum Gasteiger partial charge on any atom is 0.236 e. The molecule has 1 N–H and O–H groups in total. The van der Waals surface area contributed by atoms with Gasteiger partial charge in [0, 0.05) is 19.6 Å². The van der Waals surface area contributed by atoms with Gasteiger partial charge in [0.15, 0.2) is 0 Å². The normalized spacial score (nSPS) is 10.6. The van der Waals surface area contributed by atoms with Gasteiger partial charge in [0.05, 0.1) is 10.6 Å². The molecule has 0 atom stereocenters. The molecule has 0 bridgehead atoms. The lowest BCUT2D eigenvalue weighted by atomic mass is 10.4. The van der Waals surface area contributed by atoms with E-state index < -0.39 is 0 Å². The lowest BCUT2D eigenvalue weighted by molar-refractivity contribution is 0.324. The number of halogens is 1. The van der Waals surface area contributed by atoms with Crippen LogP contribution in [0.2, 0.25) is 0 Å². The fourth-order valence-corrected chi connectivity index (χ4v) is 2.21. The minimum absolute atomic E-state index is 0. The number of nitrogens with zero attached hydrogens (tertiary/aromatic N) is 2. The van der Waals surface area contributed by atoms with E-state index in [9.17, 15) is 0 Å². The van der Waals surface area contributed by atoms with Crippen LogP contribution in [0.25, 0.3) is 10.8 Å². The number of thiophene rings is 1. The molecule has 2 rings (SSSR count). The molecule has 0 spiro atoms. The molecular formula is C12H18ClN3OS. The van der Waals surface area contributed by atoms with Crippen LogP contribution in [-0.2, 0) is 6.54 Å². The molecule has 0 aliphatic heterocycles. The van der Waals surface area contributed by atoms with Gasteiger partial charge in [-0.3, -0.25) is 4.90 Å². The van der Waals surface area contributed by atoms with Crippen LogP contribution in [0.3, 0.4) is 0 Å². The smallest absolute Gasteiger partial charge is 0.236 e. The zero-order chi connectivity index (χ0) is 12.1. The van der Waals surface area contributed by atoms with Gasteiger partial charge in [-0.15, -0.1) is 23.7 Å². The second-order valence-electron chi connectivity index (χ2n) is 3.96. The monoisotopic (exact) mass is 287 g/mol. The molecule has 100 valence electrons. The quantitative estimate of drug-likeness (QED) is 0.886. The Hall–Kier alpha value is -0.880. The Labute approximate surface area is 117 Å². The van der Waals surface area contributed by atoms with Crippen molar-refractivity contribution in [2.24, 2.45) is 0 Å². The number of hydrogen-bond acceptors (Lipinski definition) is 5. The van der Waals surface area contributed by atoms with Gasteiger partial charge in [0.2, 0.25) is 5.89 Å². The third-order valence-electron chi connectivity index (χ3n) is 2.46. The zero-order valence-electron chi connectivity index (χ0n) is 10.5. The van der Waals surface area contributed by atoms with E-state index in [1.165, 1.54) is 0 Å². The molecule has 2 aromatic heterocycles. The van der Waals surface area contributed by atoms with Crippen molar-refractivity contribution in [3.63, 3.8) is 0 Å². The van der Waals surface area contributed by atoms with Gasteiger partial charge in [-0.05, 0) is 25.5 Å². The van der Waals surface area contributed by atoms with Crippen LogP contribution in [0.1, 0.15) is 5.69 Å². The third-order valence-corrected chi connectivity index (χ3v) is 3.32. The van der Waals surface area contributed by atoms with Gasteiger partial charge in [-0.2, -0.15) is 0 Å². The van der Waals surface area contributed by atoms with Gasteiger partial charge in [0.1, 0.15) is 6.26 Å². The molecule has 18 heavy (non-hydrogen) atoms. The summed E-state index contributed by atoms with van der Waals surface area (Å²) < 4.78 is 5.47. The summed E-state index contributed by atoms with van der Waals surface area (Å²) in [6.07, 6.45) is 1.74. The van der Waals surface area contributed by atoms with Crippen LogP contribution in [-0.4, -0.2) is 37.1 Å². The Morgan fingerprint density at radius 1 is 1.50 bits per heavy atom. The van der Waals surface area contributed by atoms with Gasteiger partial charge in [0.25, 0.3) is 0 Å². The molecule has 0 saturated heterocycles. The van der Waals surface area contributed by atoms with E-state index in [0.29, 0.717) is 0 Å². The lowest BCUT2D eigenvalue weighted by Crippen LogP contribution is -2.27.